The van der Waals surface area contributed by atoms with Crippen LogP contribution in [0.3, 0.4) is 0 Å². The lowest BCUT2D eigenvalue weighted by Crippen LogP contribution is -2.27. The summed E-state index contributed by atoms with van der Waals surface area (Å²) in [5.41, 5.74) is 0. The van der Waals surface area contributed by atoms with E-state index in [1.54, 1.807) is 0 Å². The van der Waals surface area contributed by atoms with Crippen LogP contribution in [0.25, 0.3) is 0 Å². The molecule has 0 saturated carbocycles. The fourth-order valence-electron chi connectivity index (χ4n) is 0.557. The monoisotopic (exact) mass is 143 g/mol. The van der Waals surface area contributed by atoms with Crippen molar-refractivity contribution in [2.24, 2.45) is 5.92 Å². The molecule has 0 bridgehead atoms. The Bertz CT molecular complexity index is 101. The average Bonchev–Trinajstić information content (AvgIpc) is 1.99. The highest BCUT2D eigenvalue weighted by molar-refractivity contribution is 5.75. The highest BCUT2D eigenvalue weighted by Crippen LogP contribution is 1.96. The second kappa shape index (κ2) is 5.27. The summed E-state index contributed by atoms with van der Waals surface area (Å²) < 4.78 is 0. The van der Waals surface area contributed by atoms with E-state index < -0.39 is 0 Å². The van der Waals surface area contributed by atoms with E-state index in [0.717, 1.165) is 13.0 Å². The van der Waals surface area contributed by atoms with E-state index in [-0.39, 0.29) is 5.91 Å². The van der Waals surface area contributed by atoms with Crippen LogP contribution in [-0.2, 0) is 4.79 Å². The molecular formula is C8H17NO. The van der Waals surface area contributed by atoms with Gasteiger partial charge in [-0.25, -0.2) is 0 Å². The molecule has 0 aliphatic rings. The van der Waals surface area contributed by atoms with E-state index in [9.17, 15) is 4.79 Å². The quantitative estimate of drug-likeness (QED) is 0.635. The smallest absolute Gasteiger partial charge is 0.219 e. The summed E-state index contributed by atoms with van der Waals surface area (Å²) in [7, 11) is 0. The van der Waals surface area contributed by atoms with Crippen LogP contribution in [0.5, 0.6) is 0 Å². The van der Waals surface area contributed by atoms with E-state index in [2.05, 4.69) is 19.2 Å². The molecule has 10 heavy (non-hydrogen) atoms. The second-order valence-corrected chi connectivity index (χ2v) is 2.67. The van der Waals surface area contributed by atoms with Gasteiger partial charge in [-0.15, -0.1) is 0 Å². The number of carbonyl (C=O) groups excluding carboxylic acids is 1. The maximum Gasteiger partial charge on any atom is 0.219 e. The number of carbonyl (C=O) groups is 1. The van der Waals surface area contributed by atoms with Crippen molar-refractivity contribution in [3.63, 3.8) is 0 Å². The largest absolute Gasteiger partial charge is 0.356 e. The first kappa shape index (κ1) is 9.47. The number of nitrogens with one attached hydrogen (secondary N) is 1. The number of rotatable bonds is 4. The summed E-state index contributed by atoms with van der Waals surface area (Å²) in [5, 5.41) is 2.84. The Hall–Kier alpha value is -0.530. The van der Waals surface area contributed by atoms with Crippen molar-refractivity contribution < 1.29 is 4.79 Å². The second-order valence-electron chi connectivity index (χ2n) is 2.67. The molecule has 1 N–H and O–H groups in total. The van der Waals surface area contributed by atoms with Crippen molar-refractivity contribution in [3.8, 4) is 0 Å². The van der Waals surface area contributed by atoms with Crippen molar-refractivity contribution in [1.82, 2.24) is 5.32 Å². The molecule has 0 aliphatic carbocycles. The molecule has 2 nitrogen and oxygen atoms in total. The van der Waals surface area contributed by atoms with Crippen LogP contribution >= 0.6 is 0 Å². The molecule has 0 aromatic carbocycles. The zero-order chi connectivity index (χ0) is 7.98. The fourth-order valence-corrected chi connectivity index (χ4v) is 0.557. The fraction of sp³-hybridized carbons (Fsp3) is 0.875. The van der Waals surface area contributed by atoms with Gasteiger partial charge in [0.2, 0.25) is 5.91 Å². The molecule has 0 saturated heterocycles. The van der Waals surface area contributed by atoms with Crippen LogP contribution in [0, 0.1) is 5.92 Å². The summed E-state index contributed by atoms with van der Waals surface area (Å²) >= 11 is 0. The van der Waals surface area contributed by atoms with Gasteiger partial charge in [0.05, 0.1) is 0 Å². The minimum atomic E-state index is 0.153. The SMILES string of the molecule is CCC(=O)NCC(C)CC. The van der Waals surface area contributed by atoms with Gasteiger partial charge in [0.15, 0.2) is 0 Å². The third kappa shape index (κ3) is 4.36. The Kier molecular flexibility index (Phi) is 4.99. The van der Waals surface area contributed by atoms with Gasteiger partial charge in [0, 0.05) is 13.0 Å². The first-order valence-electron chi connectivity index (χ1n) is 3.97. The molecule has 0 fully saturated rings. The van der Waals surface area contributed by atoms with Crippen molar-refractivity contribution in [2.45, 2.75) is 33.6 Å². The summed E-state index contributed by atoms with van der Waals surface area (Å²) in [4.78, 5) is 10.7. The summed E-state index contributed by atoms with van der Waals surface area (Å²) in [6.45, 7) is 6.95. The zero-order valence-electron chi connectivity index (χ0n) is 7.11. The van der Waals surface area contributed by atoms with E-state index in [1.807, 2.05) is 6.92 Å². The van der Waals surface area contributed by atoms with Crippen LogP contribution in [-0.4, -0.2) is 12.5 Å². The molecule has 0 heterocycles. The minimum absolute atomic E-state index is 0.153. The summed E-state index contributed by atoms with van der Waals surface area (Å²) in [6, 6.07) is 0. The van der Waals surface area contributed by atoms with Gasteiger partial charge >= 0.3 is 0 Å². The molecule has 0 radical (unpaired) electrons. The van der Waals surface area contributed by atoms with Crippen LogP contribution in [0.2, 0.25) is 0 Å². The topological polar surface area (TPSA) is 29.1 Å². The molecule has 1 unspecified atom stereocenters. The molecule has 0 spiro atoms. The van der Waals surface area contributed by atoms with E-state index in [1.165, 1.54) is 0 Å². The molecule has 1 amide bonds. The lowest BCUT2D eigenvalue weighted by atomic mass is 10.1. The van der Waals surface area contributed by atoms with E-state index >= 15 is 0 Å². The Balaban J connectivity index is 3.26. The Morgan fingerprint density at radius 3 is 2.50 bits per heavy atom. The molecule has 60 valence electrons. The van der Waals surface area contributed by atoms with Gasteiger partial charge in [-0.1, -0.05) is 27.2 Å². The predicted octanol–water partition coefficient (Wildman–Crippen LogP) is 1.56. The van der Waals surface area contributed by atoms with Gasteiger partial charge in [-0.05, 0) is 5.92 Å². The lowest BCUT2D eigenvalue weighted by Gasteiger charge is -2.08. The van der Waals surface area contributed by atoms with Crippen LogP contribution in [0.1, 0.15) is 33.6 Å². The van der Waals surface area contributed by atoms with Crippen LogP contribution in [0.4, 0.5) is 0 Å². The van der Waals surface area contributed by atoms with Gasteiger partial charge < -0.3 is 5.32 Å². The lowest BCUT2D eigenvalue weighted by molar-refractivity contribution is -0.120. The van der Waals surface area contributed by atoms with Gasteiger partial charge in [0.25, 0.3) is 0 Å². The molecule has 0 rings (SSSR count). The molecule has 0 aromatic rings. The van der Waals surface area contributed by atoms with Crippen molar-refractivity contribution in [3.05, 3.63) is 0 Å². The first-order valence-corrected chi connectivity index (χ1v) is 3.97. The van der Waals surface area contributed by atoms with Gasteiger partial charge in [-0.2, -0.15) is 0 Å². The van der Waals surface area contributed by atoms with Crippen molar-refractivity contribution >= 4 is 5.91 Å². The Morgan fingerprint density at radius 1 is 1.50 bits per heavy atom. The highest BCUT2D eigenvalue weighted by Gasteiger charge is 1.99. The molecular weight excluding hydrogens is 126 g/mol. The standard InChI is InChI=1S/C8H17NO/c1-4-7(3)6-9-8(10)5-2/h7H,4-6H2,1-3H3,(H,9,10). The summed E-state index contributed by atoms with van der Waals surface area (Å²) in [5.74, 6) is 0.760. The normalized spacial score (nSPS) is 12.7. The molecule has 0 aliphatic heterocycles. The van der Waals surface area contributed by atoms with Crippen molar-refractivity contribution in [2.75, 3.05) is 6.54 Å². The summed E-state index contributed by atoms with van der Waals surface area (Å²) in [6.07, 6.45) is 1.72. The Morgan fingerprint density at radius 2 is 2.10 bits per heavy atom. The highest BCUT2D eigenvalue weighted by atomic mass is 16.1. The first-order chi connectivity index (χ1) is 4.70. The van der Waals surface area contributed by atoms with Crippen LogP contribution in [0.15, 0.2) is 0 Å². The number of hydrogen-bond donors (Lipinski definition) is 1. The maximum atomic E-state index is 10.7. The molecule has 1 atom stereocenters. The van der Waals surface area contributed by atoms with Gasteiger partial charge in [-0.3, -0.25) is 4.79 Å². The van der Waals surface area contributed by atoms with Crippen LogP contribution < -0.4 is 5.32 Å². The third-order valence-corrected chi connectivity index (χ3v) is 1.67. The van der Waals surface area contributed by atoms with E-state index in [0.29, 0.717) is 12.3 Å². The maximum absolute atomic E-state index is 10.7. The molecule has 2 heteroatoms. The third-order valence-electron chi connectivity index (χ3n) is 1.67. The van der Waals surface area contributed by atoms with Gasteiger partial charge in [0.1, 0.15) is 0 Å². The van der Waals surface area contributed by atoms with Crippen molar-refractivity contribution in [1.29, 1.82) is 0 Å². The number of hydrogen-bond acceptors (Lipinski definition) is 1. The zero-order valence-corrected chi connectivity index (χ0v) is 7.11. The van der Waals surface area contributed by atoms with E-state index in [4.69, 9.17) is 0 Å². The molecule has 0 aromatic heterocycles. The minimum Gasteiger partial charge on any atom is -0.356 e. The Labute approximate surface area is 63.0 Å². The predicted molar refractivity (Wildman–Crippen MR) is 42.8 cm³/mol. The average molecular weight is 143 g/mol. The number of amides is 1.